The fraction of sp³-hybridized carbons (Fsp3) is 0.0476. The molecule has 0 aliphatic carbocycles. The van der Waals surface area contributed by atoms with Crippen LogP contribution in [-0.2, 0) is 5.75 Å². The summed E-state index contributed by atoms with van der Waals surface area (Å²) in [5.74, 6) is 0.526. The van der Waals surface area contributed by atoms with Crippen molar-refractivity contribution in [3.63, 3.8) is 0 Å². The van der Waals surface area contributed by atoms with Gasteiger partial charge in [-0.1, -0.05) is 60.3 Å². The summed E-state index contributed by atoms with van der Waals surface area (Å²) in [5, 5.41) is 11.9. The van der Waals surface area contributed by atoms with Crippen molar-refractivity contribution in [2.24, 2.45) is 0 Å². The fourth-order valence-corrected chi connectivity index (χ4v) is 3.41. The molecule has 4 rings (SSSR count). The third-order valence-electron chi connectivity index (χ3n) is 3.99. The van der Waals surface area contributed by atoms with Crippen LogP contribution in [0.15, 0.2) is 83.9 Å². The van der Waals surface area contributed by atoms with Gasteiger partial charge in [-0.25, -0.2) is 4.39 Å². The lowest BCUT2D eigenvalue weighted by Crippen LogP contribution is -1.90. The van der Waals surface area contributed by atoms with Crippen molar-refractivity contribution in [3.8, 4) is 11.3 Å². The third-order valence-corrected chi connectivity index (χ3v) is 4.98. The molecule has 0 spiro atoms. The number of hydrogen-bond acceptors (Lipinski definition) is 3. The van der Waals surface area contributed by atoms with E-state index >= 15 is 0 Å². The van der Waals surface area contributed by atoms with E-state index in [4.69, 9.17) is 0 Å². The molecule has 0 saturated heterocycles. The largest absolute Gasteiger partial charge is 0.207 e. The molecule has 3 aromatic carbocycles. The number of hydrogen-bond donors (Lipinski definition) is 0. The molecule has 0 aliphatic rings. The topological polar surface area (TPSA) is 25.8 Å². The van der Waals surface area contributed by atoms with E-state index in [0.29, 0.717) is 0 Å². The van der Waals surface area contributed by atoms with Gasteiger partial charge in [-0.15, -0.1) is 10.2 Å². The zero-order valence-corrected chi connectivity index (χ0v) is 14.2. The Balaban J connectivity index is 1.49. The van der Waals surface area contributed by atoms with Crippen LogP contribution in [0.3, 0.4) is 0 Å². The van der Waals surface area contributed by atoms with E-state index < -0.39 is 0 Å². The second kappa shape index (κ2) is 7.03. The lowest BCUT2D eigenvalue weighted by atomic mass is 10.1. The second-order valence-corrected chi connectivity index (χ2v) is 6.73. The van der Waals surface area contributed by atoms with Crippen LogP contribution in [0.2, 0.25) is 0 Å². The van der Waals surface area contributed by atoms with Crippen LogP contribution in [0, 0.1) is 5.82 Å². The minimum Gasteiger partial charge on any atom is -0.207 e. The lowest BCUT2D eigenvalue weighted by Gasteiger charge is -2.04. The first kappa shape index (κ1) is 15.8. The normalized spacial score (nSPS) is 10.9. The molecule has 2 nitrogen and oxygen atoms in total. The third kappa shape index (κ3) is 3.69. The van der Waals surface area contributed by atoms with Gasteiger partial charge >= 0.3 is 0 Å². The van der Waals surface area contributed by atoms with Crippen molar-refractivity contribution in [1.82, 2.24) is 10.2 Å². The van der Waals surface area contributed by atoms with Gasteiger partial charge in [0.2, 0.25) is 0 Å². The molecular weight excluding hydrogens is 331 g/mol. The number of rotatable bonds is 4. The summed E-state index contributed by atoms with van der Waals surface area (Å²) in [7, 11) is 0. The summed E-state index contributed by atoms with van der Waals surface area (Å²) >= 11 is 1.59. The lowest BCUT2D eigenvalue weighted by molar-refractivity contribution is 0.627. The molecule has 0 atom stereocenters. The molecule has 0 radical (unpaired) electrons. The minimum atomic E-state index is -0.215. The molecule has 1 aromatic heterocycles. The molecule has 0 aliphatic heterocycles. The number of halogens is 1. The zero-order valence-electron chi connectivity index (χ0n) is 13.4. The number of nitrogens with zero attached hydrogens (tertiary/aromatic N) is 2. The van der Waals surface area contributed by atoms with Gasteiger partial charge in [0.05, 0.1) is 5.69 Å². The van der Waals surface area contributed by atoms with Gasteiger partial charge in [0.1, 0.15) is 10.8 Å². The Labute approximate surface area is 149 Å². The van der Waals surface area contributed by atoms with Gasteiger partial charge in [-0.2, -0.15) is 0 Å². The Morgan fingerprint density at radius 3 is 2.32 bits per heavy atom. The molecule has 0 bridgehead atoms. The molecule has 1 heterocycles. The quantitative estimate of drug-likeness (QED) is 0.441. The number of benzene rings is 3. The molecule has 0 fully saturated rings. The highest BCUT2D eigenvalue weighted by Crippen LogP contribution is 2.25. The highest BCUT2D eigenvalue weighted by atomic mass is 32.2. The van der Waals surface area contributed by atoms with Crippen LogP contribution in [0.1, 0.15) is 5.56 Å². The Morgan fingerprint density at radius 1 is 0.760 bits per heavy atom. The molecule has 122 valence electrons. The standard InChI is InChI=1S/C21H15FN2S/c22-19-9-5-15(6-10-19)14-25-21-12-11-20(23-24-21)18-8-7-16-3-1-2-4-17(16)13-18/h1-13H,14H2. The summed E-state index contributed by atoms with van der Waals surface area (Å²) < 4.78 is 12.9. The molecule has 4 heteroatoms. The molecular formula is C21H15FN2S. The van der Waals surface area contributed by atoms with Crippen LogP contribution in [-0.4, -0.2) is 10.2 Å². The molecule has 0 saturated carbocycles. The smallest absolute Gasteiger partial charge is 0.123 e. The van der Waals surface area contributed by atoms with Crippen LogP contribution < -0.4 is 0 Å². The van der Waals surface area contributed by atoms with E-state index in [-0.39, 0.29) is 5.82 Å². The van der Waals surface area contributed by atoms with Crippen LogP contribution >= 0.6 is 11.8 Å². The molecule has 4 aromatic rings. The second-order valence-electron chi connectivity index (χ2n) is 5.73. The Kier molecular flexibility index (Phi) is 4.44. The summed E-state index contributed by atoms with van der Waals surface area (Å²) in [6, 6.07) is 25.1. The number of fused-ring (bicyclic) bond motifs is 1. The van der Waals surface area contributed by atoms with Crippen molar-refractivity contribution in [2.45, 2.75) is 10.8 Å². The van der Waals surface area contributed by atoms with E-state index in [9.17, 15) is 4.39 Å². The first-order chi connectivity index (χ1) is 12.3. The molecule has 0 amide bonds. The highest BCUT2D eigenvalue weighted by molar-refractivity contribution is 7.98. The maximum atomic E-state index is 12.9. The van der Waals surface area contributed by atoms with Crippen molar-refractivity contribution in [2.75, 3.05) is 0 Å². The van der Waals surface area contributed by atoms with Gasteiger partial charge in [0.25, 0.3) is 0 Å². The van der Waals surface area contributed by atoms with E-state index in [0.717, 1.165) is 27.6 Å². The molecule has 0 N–H and O–H groups in total. The van der Waals surface area contributed by atoms with Crippen molar-refractivity contribution < 1.29 is 4.39 Å². The van der Waals surface area contributed by atoms with Gasteiger partial charge in [0.15, 0.2) is 0 Å². The number of aromatic nitrogens is 2. The van der Waals surface area contributed by atoms with Crippen LogP contribution in [0.4, 0.5) is 4.39 Å². The van der Waals surface area contributed by atoms with Crippen molar-refractivity contribution in [3.05, 3.63) is 90.2 Å². The maximum absolute atomic E-state index is 12.9. The summed E-state index contributed by atoms with van der Waals surface area (Å²) in [5.41, 5.74) is 2.98. The first-order valence-electron chi connectivity index (χ1n) is 7.98. The van der Waals surface area contributed by atoms with Crippen LogP contribution in [0.5, 0.6) is 0 Å². The first-order valence-corrected chi connectivity index (χ1v) is 8.97. The average molecular weight is 346 g/mol. The van der Waals surface area contributed by atoms with Crippen molar-refractivity contribution >= 4 is 22.5 Å². The van der Waals surface area contributed by atoms with Crippen molar-refractivity contribution in [1.29, 1.82) is 0 Å². The highest BCUT2D eigenvalue weighted by Gasteiger charge is 2.04. The van der Waals surface area contributed by atoms with Gasteiger partial charge in [0, 0.05) is 11.3 Å². The van der Waals surface area contributed by atoms with E-state index in [1.54, 1.807) is 23.9 Å². The van der Waals surface area contributed by atoms with Gasteiger partial charge in [-0.3, -0.25) is 0 Å². The van der Waals surface area contributed by atoms with Gasteiger partial charge < -0.3 is 0 Å². The summed E-state index contributed by atoms with van der Waals surface area (Å²) in [4.78, 5) is 0. The Morgan fingerprint density at radius 2 is 1.56 bits per heavy atom. The molecule has 0 unspecified atom stereocenters. The van der Waals surface area contributed by atoms with Gasteiger partial charge in [-0.05, 0) is 46.7 Å². The van der Waals surface area contributed by atoms with E-state index in [1.165, 1.54) is 22.9 Å². The minimum absolute atomic E-state index is 0.215. The maximum Gasteiger partial charge on any atom is 0.123 e. The summed E-state index contributed by atoms with van der Waals surface area (Å²) in [6.07, 6.45) is 0. The number of thioether (sulfide) groups is 1. The van der Waals surface area contributed by atoms with E-state index in [2.05, 4.69) is 40.5 Å². The predicted molar refractivity (Wildman–Crippen MR) is 101 cm³/mol. The Hall–Kier alpha value is -2.72. The van der Waals surface area contributed by atoms with Crippen LogP contribution in [0.25, 0.3) is 22.0 Å². The van der Waals surface area contributed by atoms with E-state index in [1.807, 2.05) is 24.3 Å². The fourth-order valence-electron chi connectivity index (χ4n) is 2.64. The Bertz CT molecular complexity index is 998. The summed E-state index contributed by atoms with van der Waals surface area (Å²) in [6.45, 7) is 0. The zero-order chi connectivity index (χ0) is 17.1. The monoisotopic (exact) mass is 346 g/mol. The SMILES string of the molecule is Fc1ccc(CSc2ccc(-c3ccc4ccccc4c3)nn2)cc1. The average Bonchev–Trinajstić information content (AvgIpc) is 2.68. The predicted octanol–water partition coefficient (Wildman–Crippen LogP) is 5.73. The molecule has 25 heavy (non-hydrogen) atoms.